The van der Waals surface area contributed by atoms with Crippen LogP contribution in [0.15, 0.2) is 48.6 Å². The van der Waals surface area contributed by atoms with Crippen LogP contribution in [-0.2, 0) is 0 Å². The van der Waals surface area contributed by atoms with Crippen molar-refractivity contribution in [3.63, 3.8) is 0 Å². The van der Waals surface area contributed by atoms with Gasteiger partial charge in [0, 0.05) is 0 Å². The highest BCUT2D eigenvalue weighted by Gasteiger charge is 2.53. The van der Waals surface area contributed by atoms with E-state index in [9.17, 15) is 0 Å². The molecule has 0 amide bonds. The van der Waals surface area contributed by atoms with Crippen LogP contribution in [0.4, 0.5) is 0 Å². The summed E-state index contributed by atoms with van der Waals surface area (Å²) in [5.41, 5.74) is 5.44. The zero-order valence-electron chi connectivity index (χ0n) is 16.9. The van der Waals surface area contributed by atoms with Gasteiger partial charge in [-0.15, -0.1) is 0 Å². The molecule has 2 rings (SSSR count). The molecule has 6 unspecified atom stereocenters. The van der Waals surface area contributed by atoms with E-state index in [2.05, 4.69) is 67.9 Å². The van der Waals surface area contributed by atoms with Crippen molar-refractivity contribution in [1.82, 2.24) is 0 Å². The smallest absolute Gasteiger partial charge is 0.0145 e. The molecule has 0 aromatic rings. The molecular weight excluding hydrogens is 288 g/mol. The third-order valence-corrected chi connectivity index (χ3v) is 7.08. The molecule has 0 N–H and O–H groups in total. The van der Waals surface area contributed by atoms with E-state index in [4.69, 9.17) is 0 Å². The lowest BCUT2D eigenvalue weighted by Gasteiger charge is -2.58. The summed E-state index contributed by atoms with van der Waals surface area (Å²) in [6.07, 6.45) is 2.49. The van der Waals surface area contributed by atoms with Crippen molar-refractivity contribution in [2.24, 2.45) is 47.3 Å². The normalized spacial score (nSPS) is 42.1. The van der Waals surface area contributed by atoms with E-state index in [-0.39, 0.29) is 0 Å². The van der Waals surface area contributed by atoms with E-state index < -0.39 is 0 Å². The third-order valence-electron chi connectivity index (χ3n) is 7.08. The molecular formula is C24H38. The Labute approximate surface area is 150 Å². The summed E-state index contributed by atoms with van der Waals surface area (Å²) in [6.45, 7) is 31.4. The van der Waals surface area contributed by atoms with Gasteiger partial charge in [-0.2, -0.15) is 0 Å². The fourth-order valence-electron chi connectivity index (χ4n) is 6.37. The van der Waals surface area contributed by atoms with Gasteiger partial charge in [0.05, 0.1) is 0 Å². The van der Waals surface area contributed by atoms with Crippen LogP contribution in [0.25, 0.3) is 0 Å². The molecule has 0 heteroatoms. The summed E-state index contributed by atoms with van der Waals surface area (Å²) in [4.78, 5) is 0. The Kier molecular flexibility index (Phi) is 5.68. The zero-order valence-corrected chi connectivity index (χ0v) is 16.9. The van der Waals surface area contributed by atoms with Gasteiger partial charge in [0.2, 0.25) is 0 Å². The van der Waals surface area contributed by atoms with Gasteiger partial charge in [0.15, 0.2) is 0 Å². The Bertz CT molecular complexity index is 500. The van der Waals surface area contributed by atoms with Gasteiger partial charge >= 0.3 is 0 Å². The number of fused-ring (bicyclic) bond motifs is 1. The summed E-state index contributed by atoms with van der Waals surface area (Å²) < 4.78 is 0. The monoisotopic (exact) mass is 326 g/mol. The predicted molar refractivity (Wildman–Crippen MR) is 108 cm³/mol. The SMILES string of the molecule is C=C(C)C1CC(C)C(C(=C)C)C2C(C(=C)C)C(C)CC(C(=C)C)C12. The minimum Gasteiger partial charge on any atom is -0.0998 e. The second kappa shape index (κ2) is 7.06. The average Bonchev–Trinajstić information content (AvgIpc) is 2.43. The molecule has 0 aromatic heterocycles. The van der Waals surface area contributed by atoms with Crippen LogP contribution >= 0.6 is 0 Å². The maximum Gasteiger partial charge on any atom is -0.0145 e. The van der Waals surface area contributed by atoms with E-state index >= 15 is 0 Å². The van der Waals surface area contributed by atoms with Crippen LogP contribution < -0.4 is 0 Å². The molecule has 0 nitrogen and oxygen atoms in total. The number of rotatable bonds is 4. The lowest BCUT2D eigenvalue weighted by atomic mass is 9.46. The Balaban J connectivity index is 2.61. The molecule has 134 valence electrons. The zero-order chi connectivity index (χ0) is 18.3. The lowest BCUT2D eigenvalue weighted by Crippen LogP contribution is -2.52. The van der Waals surface area contributed by atoms with Crippen molar-refractivity contribution < 1.29 is 0 Å². The molecule has 2 aliphatic rings. The van der Waals surface area contributed by atoms with Gasteiger partial charge in [-0.05, 0) is 87.9 Å². The average molecular weight is 327 g/mol. The van der Waals surface area contributed by atoms with E-state index in [1.807, 2.05) is 0 Å². The van der Waals surface area contributed by atoms with Crippen LogP contribution in [0, 0.1) is 47.3 Å². The van der Waals surface area contributed by atoms with Gasteiger partial charge in [0.25, 0.3) is 0 Å². The molecule has 2 fully saturated rings. The first-order chi connectivity index (χ1) is 11.1. The van der Waals surface area contributed by atoms with Crippen molar-refractivity contribution in [1.29, 1.82) is 0 Å². The molecule has 0 spiro atoms. The van der Waals surface area contributed by atoms with Crippen LogP contribution in [0.3, 0.4) is 0 Å². The Morgan fingerprint density at radius 3 is 1.17 bits per heavy atom. The van der Waals surface area contributed by atoms with Crippen molar-refractivity contribution in [3.8, 4) is 0 Å². The van der Waals surface area contributed by atoms with E-state index in [1.165, 1.54) is 35.1 Å². The Morgan fingerprint density at radius 1 is 0.583 bits per heavy atom. The van der Waals surface area contributed by atoms with Gasteiger partial charge in [-0.3, -0.25) is 0 Å². The summed E-state index contributed by atoms with van der Waals surface area (Å²) in [5, 5.41) is 0. The number of hydrogen-bond donors (Lipinski definition) is 0. The minimum atomic E-state index is 0.594. The molecule has 0 aliphatic heterocycles. The van der Waals surface area contributed by atoms with Crippen LogP contribution in [0.5, 0.6) is 0 Å². The van der Waals surface area contributed by atoms with Gasteiger partial charge < -0.3 is 0 Å². The first-order valence-corrected chi connectivity index (χ1v) is 9.69. The number of allylic oxidation sites excluding steroid dienone is 4. The molecule has 0 heterocycles. The minimum absolute atomic E-state index is 0.594. The largest absolute Gasteiger partial charge is 0.0998 e. The van der Waals surface area contributed by atoms with Gasteiger partial charge in [-0.25, -0.2) is 0 Å². The summed E-state index contributed by atoms with van der Waals surface area (Å²) in [7, 11) is 0. The topological polar surface area (TPSA) is 0 Å². The van der Waals surface area contributed by atoms with Crippen LogP contribution in [0.1, 0.15) is 54.4 Å². The molecule has 24 heavy (non-hydrogen) atoms. The first kappa shape index (κ1) is 19.3. The molecule has 0 bridgehead atoms. The highest BCUT2D eigenvalue weighted by molar-refractivity contribution is 5.22. The van der Waals surface area contributed by atoms with Crippen molar-refractivity contribution in [3.05, 3.63) is 48.6 Å². The van der Waals surface area contributed by atoms with E-state index in [0.29, 0.717) is 47.3 Å². The molecule has 0 radical (unpaired) electrons. The lowest BCUT2D eigenvalue weighted by molar-refractivity contribution is -0.0349. The molecule has 2 aliphatic carbocycles. The van der Waals surface area contributed by atoms with Crippen molar-refractivity contribution in [2.75, 3.05) is 0 Å². The third kappa shape index (κ3) is 3.22. The van der Waals surface area contributed by atoms with Crippen LogP contribution in [0.2, 0.25) is 0 Å². The molecule has 0 saturated heterocycles. The highest BCUT2D eigenvalue weighted by Crippen LogP contribution is 2.60. The van der Waals surface area contributed by atoms with E-state index in [1.54, 1.807) is 0 Å². The maximum atomic E-state index is 4.40. The molecule has 6 atom stereocenters. The van der Waals surface area contributed by atoms with Crippen molar-refractivity contribution in [2.45, 2.75) is 54.4 Å². The Morgan fingerprint density at radius 2 is 0.917 bits per heavy atom. The highest BCUT2D eigenvalue weighted by atomic mass is 14.6. The second-order valence-corrected chi connectivity index (χ2v) is 9.23. The summed E-state index contributed by atoms with van der Waals surface area (Å²) >= 11 is 0. The predicted octanol–water partition coefficient (Wildman–Crippen LogP) is 7.07. The van der Waals surface area contributed by atoms with Gasteiger partial charge in [-0.1, -0.05) is 62.5 Å². The van der Waals surface area contributed by atoms with E-state index in [0.717, 1.165) is 0 Å². The first-order valence-electron chi connectivity index (χ1n) is 9.69. The van der Waals surface area contributed by atoms with Crippen LogP contribution in [-0.4, -0.2) is 0 Å². The van der Waals surface area contributed by atoms with Gasteiger partial charge in [0.1, 0.15) is 0 Å². The summed E-state index contributed by atoms with van der Waals surface area (Å²) in [6, 6.07) is 0. The quantitative estimate of drug-likeness (QED) is 0.485. The number of hydrogen-bond acceptors (Lipinski definition) is 0. The Hall–Kier alpha value is -1.04. The second-order valence-electron chi connectivity index (χ2n) is 9.23. The molecule has 0 aromatic carbocycles. The standard InChI is InChI=1S/C24H38/c1-13(2)19-11-17(9)21(15(5)6)24-22(16(7)8)18(10)12-20(14(3)4)23(19)24/h17-24H,1,3,5,7,11-12H2,2,4,6,8-10H3. The summed E-state index contributed by atoms with van der Waals surface area (Å²) in [5.74, 6) is 5.03. The fourth-order valence-corrected chi connectivity index (χ4v) is 6.37. The maximum absolute atomic E-state index is 4.40. The van der Waals surface area contributed by atoms with Crippen molar-refractivity contribution >= 4 is 0 Å². The fraction of sp³-hybridized carbons (Fsp3) is 0.667. The molecule has 2 saturated carbocycles.